The number of nitrogens with one attached hydrogen (secondary N) is 1. The van der Waals surface area contributed by atoms with Crippen LogP contribution < -0.4 is 10.6 Å². The topological polar surface area (TPSA) is 60.4 Å². The normalized spacial score (nSPS) is 23.6. The van der Waals surface area contributed by atoms with Crippen molar-refractivity contribution in [1.82, 2.24) is 4.98 Å². The molecule has 0 saturated carbocycles. The monoisotopic (exact) mass is 276 g/mol. The Balaban J connectivity index is 1.91. The predicted molar refractivity (Wildman–Crippen MR) is 76.1 cm³/mol. The molecule has 19 heavy (non-hydrogen) atoms. The molecule has 2 aromatic rings. The predicted octanol–water partition coefficient (Wildman–Crippen LogP) is 0.892. The van der Waals surface area contributed by atoms with Gasteiger partial charge in [0.25, 0.3) is 5.91 Å². The molecule has 0 bridgehead atoms. The van der Waals surface area contributed by atoms with E-state index in [0.717, 1.165) is 23.5 Å². The molecule has 1 aromatic carbocycles. The highest BCUT2D eigenvalue weighted by Gasteiger charge is 2.31. The van der Waals surface area contributed by atoms with E-state index < -0.39 is 0 Å². The number of hydrogen-bond donors (Lipinski definition) is 2. The van der Waals surface area contributed by atoms with Gasteiger partial charge >= 0.3 is 0 Å². The SMILES string of the molecule is NC(=O)C[NH+]1CCCC[C@H]1c1nc2ccccc2s1. The van der Waals surface area contributed by atoms with E-state index >= 15 is 0 Å². The maximum Gasteiger partial charge on any atom is 0.272 e. The second kappa shape index (κ2) is 5.27. The van der Waals surface area contributed by atoms with Crippen molar-refractivity contribution in [2.75, 3.05) is 13.1 Å². The van der Waals surface area contributed by atoms with Crippen molar-refractivity contribution in [3.8, 4) is 0 Å². The van der Waals surface area contributed by atoms with E-state index in [-0.39, 0.29) is 5.91 Å². The Labute approximate surface area is 116 Å². The van der Waals surface area contributed by atoms with E-state index in [1.807, 2.05) is 18.2 Å². The average Bonchev–Trinajstić information content (AvgIpc) is 2.82. The molecule has 3 N–H and O–H groups in total. The highest BCUT2D eigenvalue weighted by Crippen LogP contribution is 2.28. The summed E-state index contributed by atoms with van der Waals surface area (Å²) in [6.45, 7) is 1.43. The summed E-state index contributed by atoms with van der Waals surface area (Å²) < 4.78 is 1.22. The molecule has 2 atom stereocenters. The van der Waals surface area contributed by atoms with Crippen LogP contribution in [0.4, 0.5) is 0 Å². The minimum atomic E-state index is -0.219. The molecule has 2 heterocycles. The van der Waals surface area contributed by atoms with E-state index in [0.29, 0.717) is 12.6 Å². The van der Waals surface area contributed by atoms with E-state index in [1.165, 1.54) is 22.4 Å². The van der Waals surface area contributed by atoms with Gasteiger partial charge in [0.2, 0.25) is 0 Å². The van der Waals surface area contributed by atoms with Crippen molar-refractivity contribution in [2.24, 2.45) is 5.73 Å². The zero-order valence-electron chi connectivity index (χ0n) is 10.8. The second-order valence-corrected chi connectivity index (χ2v) is 6.18. The minimum absolute atomic E-state index is 0.219. The van der Waals surface area contributed by atoms with Crippen LogP contribution in [0, 0.1) is 0 Å². The Morgan fingerprint density at radius 1 is 1.42 bits per heavy atom. The van der Waals surface area contributed by atoms with Gasteiger partial charge in [-0.1, -0.05) is 12.1 Å². The lowest BCUT2D eigenvalue weighted by Gasteiger charge is -2.30. The largest absolute Gasteiger partial charge is 0.365 e. The Hall–Kier alpha value is -1.46. The van der Waals surface area contributed by atoms with Crippen LogP contribution in [-0.4, -0.2) is 24.0 Å². The molecule has 1 amide bonds. The summed E-state index contributed by atoms with van der Waals surface area (Å²) in [5, 5.41) is 1.15. The molecule has 1 aliphatic rings. The molecule has 5 heteroatoms. The van der Waals surface area contributed by atoms with Crippen LogP contribution in [0.3, 0.4) is 0 Å². The summed E-state index contributed by atoms with van der Waals surface area (Å²) in [7, 11) is 0. The Morgan fingerprint density at radius 3 is 3.05 bits per heavy atom. The quantitative estimate of drug-likeness (QED) is 0.874. The van der Waals surface area contributed by atoms with Crippen molar-refractivity contribution in [1.29, 1.82) is 0 Å². The van der Waals surface area contributed by atoms with Gasteiger partial charge in [0, 0.05) is 6.42 Å². The lowest BCUT2D eigenvalue weighted by molar-refractivity contribution is -0.929. The van der Waals surface area contributed by atoms with E-state index in [2.05, 4.69) is 6.07 Å². The van der Waals surface area contributed by atoms with Crippen LogP contribution in [0.2, 0.25) is 0 Å². The van der Waals surface area contributed by atoms with Crippen LogP contribution >= 0.6 is 11.3 Å². The first-order valence-corrected chi connectivity index (χ1v) is 7.54. The number of benzene rings is 1. The molecule has 100 valence electrons. The molecule has 1 saturated heterocycles. The molecule has 1 fully saturated rings. The zero-order valence-corrected chi connectivity index (χ0v) is 11.6. The number of carbonyl (C=O) groups excluding carboxylic acids is 1. The maximum atomic E-state index is 11.2. The van der Waals surface area contributed by atoms with Crippen LogP contribution in [0.15, 0.2) is 24.3 Å². The van der Waals surface area contributed by atoms with Crippen molar-refractivity contribution in [2.45, 2.75) is 25.3 Å². The van der Waals surface area contributed by atoms with Crippen LogP contribution in [-0.2, 0) is 4.79 Å². The summed E-state index contributed by atoms with van der Waals surface area (Å²) >= 11 is 1.75. The van der Waals surface area contributed by atoms with Gasteiger partial charge in [-0.2, -0.15) is 0 Å². The number of likely N-dealkylation sites (tertiary alicyclic amines) is 1. The number of hydrogen-bond acceptors (Lipinski definition) is 3. The van der Waals surface area contributed by atoms with Gasteiger partial charge in [-0.25, -0.2) is 4.98 Å². The van der Waals surface area contributed by atoms with Gasteiger partial charge in [0.05, 0.1) is 16.8 Å². The maximum absolute atomic E-state index is 11.2. The van der Waals surface area contributed by atoms with Crippen LogP contribution in [0.5, 0.6) is 0 Å². The molecule has 0 aliphatic carbocycles. The number of thiazole rings is 1. The number of fused-ring (bicyclic) bond motifs is 1. The fourth-order valence-corrected chi connectivity index (χ4v) is 4.01. The number of rotatable bonds is 3. The summed E-state index contributed by atoms with van der Waals surface area (Å²) in [5.41, 5.74) is 6.42. The van der Waals surface area contributed by atoms with Crippen molar-refractivity contribution < 1.29 is 9.69 Å². The summed E-state index contributed by atoms with van der Waals surface area (Å²) in [6, 6.07) is 8.54. The average molecular weight is 276 g/mol. The Kier molecular flexibility index (Phi) is 3.48. The lowest BCUT2D eigenvalue weighted by atomic mass is 10.0. The molecule has 4 nitrogen and oxygen atoms in total. The molecule has 0 spiro atoms. The second-order valence-electron chi connectivity index (χ2n) is 5.12. The number of amides is 1. The highest BCUT2D eigenvalue weighted by atomic mass is 32.1. The summed E-state index contributed by atoms with van der Waals surface area (Å²) in [6.07, 6.45) is 3.48. The van der Waals surface area contributed by atoms with Crippen molar-refractivity contribution in [3.05, 3.63) is 29.3 Å². The lowest BCUT2D eigenvalue weighted by Crippen LogP contribution is -3.14. The van der Waals surface area contributed by atoms with E-state index in [9.17, 15) is 4.79 Å². The highest BCUT2D eigenvalue weighted by molar-refractivity contribution is 7.18. The summed E-state index contributed by atoms with van der Waals surface area (Å²) in [5.74, 6) is -0.219. The smallest absolute Gasteiger partial charge is 0.272 e. The number of nitrogens with two attached hydrogens (primary N) is 1. The van der Waals surface area contributed by atoms with Gasteiger partial charge in [-0.3, -0.25) is 4.79 Å². The summed E-state index contributed by atoms with van der Waals surface area (Å²) in [4.78, 5) is 17.2. The first kappa shape index (κ1) is 12.6. The molecule has 1 aliphatic heterocycles. The molecular formula is C14H18N3OS+. The van der Waals surface area contributed by atoms with Crippen molar-refractivity contribution in [3.63, 3.8) is 0 Å². The fraction of sp³-hybridized carbons (Fsp3) is 0.429. The Morgan fingerprint density at radius 2 is 2.26 bits per heavy atom. The number of carbonyl (C=O) groups is 1. The number of nitrogens with zero attached hydrogens (tertiary/aromatic N) is 1. The van der Waals surface area contributed by atoms with Gasteiger partial charge < -0.3 is 10.6 Å². The van der Waals surface area contributed by atoms with Gasteiger partial charge in [-0.05, 0) is 25.0 Å². The third-order valence-corrected chi connectivity index (χ3v) is 4.89. The van der Waals surface area contributed by atoms with Gasteiger partial charge in [0.15, 0.2) is 11.6 Å². The Bertz CT molecular complexity index is 562. The number of primary amides is 1. The van der Waals surface area contributed by atoms with Gasteiger partial charge in [-0.15, -0.1) is 11.3 Å². The molecule has 1 unspecified atom stereocenters. The number of piperidine rings is 1. The number of para-hydroxylation sites is 1. The van der Waals surface area contributed by atoms with E-state index in [4.69, 9.17) is 10.7 Å². The zero-order chi connectivity index (χ0) is 13.2. The third-order valence-electron chi connectivity index (χ3n) is 3.74. The fourth-order valence-electron chi connectivity index (χ4n) is 2.85. The first-order valence-electron chi connectivity index (χ1n) is 6.72. The molecule has 0 radical (unpaired) electrons. The number of quaternary nitrogens is 1. The van der Waals surface area contributed by atoms with Crippen LogP contribution in [0.25, 0.3) is 10.2 Å². The molecule has 3 rings (SSSR count). The van der Waals surface area contributed by atoms with Crippen molar-refractivity contribution >= 4 is 27.5 Å². The minimum Gasteiger partial charge on any atom is -0.365 e. The number of aromatic nitrogens is 1. The van der Waals surface area contributed by atoms with Gasteiger partial charge in [0.1, 0.15) is 6.04 Å². The molecule has 1 aromatic heterocycles. The third kappa shape index (κ3) is 2.62. The molecular weight excluding hydrogens is 258 g/mol. The first-order chi connectivity index (χ1) is 9.24. The van der Waals surface area contributed by atoms with E-state index in [1.54, 1.807) is 11.3 Å². The standard InChI is InChI=1S/C14H17N3OS/c15-13(18)9-17-8-4-3-6-11(17)14-16-10-5-1-2-7-12(10)19-14/h1-2,5,7,11H,3-4,6,8-9H2,(H2,15,18)/p+1/t11-/m0/s1. The van der Waals surface area contributed by atoms with Crippen LogP contribution in [0.1, 0.15) is 30.3 Å².